The van der Waals surface area contributed by atoms with Crippen molar-refractivity contribution in [1.29, 1.82) is 0 Å². The monoisotopic (exact) mass is 423 g/mol. The molecule has 0 fully saturated rings. The SMILES string of the molecule is CC(C)NS(=O)(=O)c1ccc(Cl)c(C(=O)NC(CN(C)C)c2ccccc2)c1. The summed E-state index contributed by atoms with van der Waals surface area (Å²) in [4.78, 5) is 14.9. The summed E-state index contributed by atoms with van der Waals surface area (Å²) in [7, 11) is 0.104. The minimum Gasteiger partial charge on any atom is -0.344 e. The fourth-order valence-corrected chi connectivity index (χ4v) is 4.23. The van der Waals surface area contributed by atoms with Gasteiger partial charge in [-0.2, -0.15) is 0 Å². The normalized spacial score (nSPS) is 13.0. The van der Waals surface area contributed by atoms with Crippen molar-refractivity contribution in [1.82, 2.24) is 14.9 Å². The fourth-order valence-electron chi connectivity index (χ4n) is 2.74. The number of rotatable bonds is 8. The number of carbonyl (C=O) groups excluding carboxylic acids is 1. The van der Waals surface area contributed by atoms with Crippen LogP contribution in [0.15, 0.2) is 53.4 Å². The van der Waals surface area contributed by atoms with Gasteiger partial charge >= 0.3 is 0 Å². The molecule has 2 aromatic carbocycles. The third-order valence-electron chi connectivity index (χ3n) is 3.94. The Morgan fingerprint density at radius 2 is 1.75 bits per heavy atom. The van der Waals surface area contributed by atoms with Crippen LogP contribution in [0.5, 0.6) is 0 Å². The van der Waals surface area contributed by atoms with E-state index in [1.807, 2.05) is 49.3 Å². The van der Waals surface area contributed by atoms with E-state index in [2.05, 4.69) is 10.0 Å². The van der Waals surface area contributed by atoms with Gasteiger partial charge in [-0.15, -0.1) is 0 Å². The van der Waals surface area contributed by atoms with Crippen molar-refractivity contribution in [2.75, 3.05) is 20.6 Å². The average molecular weight is 424 g/mol. The summed E-state index contributed by atoms with van der Waals surface area (Å²) >= 11 is 6.20. The Morgan fingerprint density at radius 3 is 2.32 bits per heavy atom. The third-order valence-corrected chi connectivity index (χ3v) is 5.92. The lowest BCUT2D eigenvalue weighted by molar-refractivity contribution is 0.0930. The van der Waals surface area contributed by atoms with E-state index in [-0.39, 0.29) is 27.6 Å². The Morgan fingerprint density at radius 1 is 1.11 bits per heavy atom. The Kier molecular flexibility index (Phi) is 7.60. The molecule has 8 heteroatoms. The Balaban J connectivity index is 2.33. The van der Waals surface area contributed by atoms with E-state index >= 15 is 0 Å². The predicted molar refractivity (Wildman–Crippen MR) is 112 cm³/mol. The molecule has 0 heterocycles. The number of hydrogen-bond donors (Lipinski definition) is 2. The molecule has 1 unspecified atom stereocenters. The first kappa shape index (κ1) is 22.4. The van der Waals surface area contributed by atoms with Crippen LogP contribution in [0.25, 0.3) is 0 Å². The lowest BCUT2D eigenvalue weighted by Gasteiger charge is -2.23. The number of sulfonamides is 1. The zero-order chi connectivity index (χ0) is 20.9. The van der Waals surface area contributed by atoms with Crippen LogP contribution in [0.3, 0.4) is 0 Å². The van der Waals surface area contributed by atoms with Crippen LogP contribution >= 0.6 is 11.6 Å². The number of carbonyl (C=O) groups is 1. The molecular formula is C20H26ClN3O3S. The Bertz CT molecular complexity index is 916. The van der Waals surface area contributed by atoms with Gasteiger partial charge in [-0.1, -0.05) is 41.9 Å². The second-order valence-corrected chi connectivity index (χ2v) is 9.24. The first-order valence-electron chi connectivity index (χ1n) is 8.92. The summed E-state index contributed by atoms with van der Waals surface area (Å²) in [6.07, 6.45) is 0. The summed E-state index contributed by atoms with van der Waals surface area (Å²) in [5.41, 5.74) is 1.07. The molecule has 1 atom stereocenters. The molecule has 1 amide bonds. The van der Waals surface area contributed by atoms with E-state index in [1.165, 1.54) is 18.2 Å². The van der Waals surface area contributed by atoms with Crippen molar-refractivity contribution in [2.24, 2.45) is 0 Å². The summed E-state index contributed by atoms with van der Waals surface area (Å²) in [6.45, 7) is 4.04. The molecule has 0 spiro atoms. The Hall–Kier alpha value is -1.93. The van der Waals surface area contributed by atoms with Crippen molar-refractivity contribution in [2.45, 2.75) is 30.8 Å². The van der Waals surface area contributed by atoms with Crippen LogP contribution in [0.4, 0.5) is 0 Å². The average Bonchev–Trinajstić information content (AvgIpc) is 2.60. The molecule has 6 nitrogen and oxygen atoms in total. The number of benzene rings is 2. The molecule has 0 radical (unpaired) electrons. The van der Waals surface area contributed by atoms with Gasteiger partial charge in [0.15, 0.2) is 0 Å². The lowest BCUT2D eigenvalue weighted by Crippen LogP contribution is -2.35. The van der Waals surface area contributed by atoms with Crippen LogP contribution in [-0.4, -0.2) is 45.9 Å². The predicted octanol–water partition coefficient (Wildman–Crippen LogP) is 3.06. The van der Waals surface area contributed by atoms with E-state index < -0.39 is 15.9 Å². The molecule has 0 saturated carbocycles. The van der Waals surface area contributed by atoms with Gasteiger partial charge in [-0.05, 0) is 51.7 Å². The molecule has 0 aliphatic heterocycles. The smallest absolute Gasteiger partial charge is 0.253 e. The maximum absolute atomic E-state index is 12.9. The van der Waals surface area contributed by atoms with Crippen molar-refractivity contribution in [3.63, 3.8) is 0 Å². The van der Waals surface area contributed by atoms with Gasteiger partial charge in [0.1, 0.15) is 0 Å². The maximum atomic E-state index is 12.9. The Labute approximate surface area is 171 Å². The van der Waals surface area contributed by atoms with E-state index in [0.29, 0.717) is 6.54 Å². The molecule has 28 heavy (non-hydrogen) atoms. The van der Waals surface area contributed by atoms with Crippen LogP contribution in [0.2, 0.25) is 5.02 Å². The van der Waals surface area contributed by atoms with Gasteiger partial charge < -0.3 is 10.2 Å². The fraction of sp³-hybridized carbons (Fsp3) is 0.350. The van der Waals surface area contributed by atoms with Crippen LogP contribution in [0.1, 0.15) is 35.8 Å². The third kappa shape index (κ3) is 6.04. The minimum absolute atomic E-state index is 0.000351. The number of nitrogens with zero attached hydrogens (tertiary/aromatic N) is 1. The second kappa shape index (κ2) is 9.52. The maximum Gasteiger partial charge on any atom is 0.253 e. The molecule has 0 aliphatic rings. The van der Waals surface area contributed by atoms with Gasteiger partial charge in [0.25, 0.3) is 5.91 Å². The highest BCUT2D eigenvalue weighted by molar-refractivity contribution is 7.89. The number of halogens is 1. The number of likely N-dealkylation sites (N-methyl/N-ethyl adjacent to an activating group) is 1. The largest absolute Gasteiger partial charge is 0.344 e. The number of hydrogen-bond acceptors (Lipinski definition) is 4. The first-order chi connectivity index (χ1) is 13.1. The quantitative estimate of drug-likeness (QED) is 0.684. The first-order valence-corrected chi connectivity index (χ1v) is 10.8. The van der Waals surface area contributed by atoms with Crippen molar-refractivity contribution in [3.05, 3.63) is 64.7 Å². The van der Waals surface area contributed by atoms with Gasteiger partial charge in [0, 0.05) is 12.6 Å². The minimum atomic E-state index is -3.73. The van der Waals surface area contributed by atoms with Gasteiger partial charge in [0.05, 0.1) is 21.5 Å². The molecule has 0 aromatic heterocycles. The zero-order valence-electron chi connectivity index (χ0n) is 16.4. The number of amides is 1. The molecule has 0 bridgehead atoms. The molecule has 0 aliphatic carbocycles. The standard InChI is InChI=1S/C20H26ClN3O3S/c1-14(2)23-28(26,27)16-10-11-18(21)17(12-16)20(25)22-19(13-24(3)4)15-8-6-5-7-9-15/h5-12,14,19,23H,13H2,1-4H3,(H,22,25). The van der Waals surface area contributed by atoms with E-state index in [0.717, 1.165) is 5.56 Å². The van der Waals surface area contributed by atoms with E-state index in [9.17, 15) is 13.2 Å². The van der Waals surface area contributed by atoms with Crippen molar-refractivity contribution >= 4 is 27.5 Å². The summed E-state index contributed by atoms with van der Waals surface area (Å²) < 4.78 is 27.4. The van der Waals surface area contributed by atoms with E-state index in [4.69, 9.17) is 11.6 Å². The van der Waals surface area contributed by atoms with Crippen molar-refractivity contribution in [3.8, 4) is 0 Å². The van der Waals surface area contributed by atoms with Gasteiger partial charge in [-0.25, -0.2) is 13.1 Å². The molecular weight excluding hydrogens is 398 g/mol. The van der Waals surface area contributed by atoms with Gasteiger partial charge in [-0.3, -0.25) is 4.79 Å². The molecule has 2 aromatic rings. The van der Waals surface area contributed by atoms with Crippen molar-refractivity contribution < 1.29 is 13.2 Å². The number of nitrogens with one attached hydrogen (secondary N) is 2. The molecule has 2 N–H and O–H groups in total. The van der Waals surface area contributed by atoms with Crippen LogP contribution in [0, 0.1) is 0 Å². The molecule has 2 rings (SSSR count). The summed E-state index contributed by atoms with van der Waals surface area (Å²) in [6, 6.07) is 13.2. The van der Waals surface area contributed by atoms with E-state index in [1.54, 1.807) is 13.8 Å². The summed E-state index contributed by atoms with van der Waals surface area (Å²) in [5.74, 6) is -0.428. The van der Waals surface area contributed by atoms with Crippen LogP contribution in [-0.2, 0) is 10.0 Å². The lowest BCUT2D eigenvalue weighted by atomic mass is 10.1. The topological polar surface area (TPSA) is 78.5 Å². The van der Waals surface area contributed by atoms with Gasteiger partial charge in [0.2, 0.25) is 10.0 Å². The summed E-state index contributed by atoms with van der Waals surface area (Å²) in [5, 5.41) is 3.15. The molecule has 152 valence electrons. The molecule has 0 saturated heterocycles. The van der Waals surface area contributed by atoms with Crippen LogP contribution < -0.4 is 10.0 Å². The highest BCUT2D eigenvalue weighted by atomic mass is 35.5. The second-order valence-electron chi connectivity index (χ2n) is 7.12. The highest BCUT2D eigenvalue weighted by Crippen LogP contribution is 2.22. The highest BCUT2D eigenvalue weighted by Gasteiger charge is 2.22. The zero-order valence-corrected chi connectivity index (χ0v) is 18.0.